The van der Waals surface area contributed by atoms with Gasteiger partial charge in [-0.1, -0.05) is 46.9 Å². The Morgan fingerprint density at radius 1 is 0.912 bits per heavy atom. The van der Waals surface area contributed by atoms with Crippen LogP contribution >= 0.6 is 58.0 Å². The fourth-order valence-corrected chi connectivity index (χ4v) is 5.40. The van der Waals surface area contributed by atoms with Crippen molar-refractivity contribution in [1.82, 2.24) is 0 Å². The Bertz CT molecular complexity index is 1280. The first kappa shape index (κ1) is 25.2. The van der Waals surface area contributed by atoms with Gasteiger partial charge in [0, 0.05) is 27.9 Å². The summed E-state index contributed by atoms with van der Waals surface area (Å²) in [5, 5.41) is 3.03. The van der Waals surface area contributed by atoms with E-state index >= 15 is 0 Å². The number of amides is 1. The molecule has 10 heteroatoms. The topological polar surface area (TPSA) is 46.2 Å². The van der Waals surface area contributed by atoms with Crippen molar-refractivity contribution in [1.29, 1.82) is 0 Å². The normalized spacial score (nSPS) is 18.4. The van der Waals surface area contributed by atoms with E-state index in [2.05, 4.69) is 5.32 Å². The molecule has 176 valence electrons. The summed E-state index contributed by atoms with van der Waals surface area (Å²) < 4.78 is 26.2. The zero-order valence-corrected chi connectivity index (χ0v) is 20.8. The zero-order chi connectivity index (χ0) is 24.8. The van der Waals surface area contributed by atoms with Gasteiger partial charge in [0.05, 0.1) is 16.6 Å². The number of hydrogen-bond acceptors (Lipinski definition) is 2. The minimum Gasteiger partial charge on any atom is -0.323 e. The fraction of sp³-hybridized carbons (Fsp3) is 0.167. The Balaban J connectivity index is 1.55. The van der Waals surface area contributed by atoms with Gasteiger partial charge in [0.25, 0.3) is 0 Å². The minimum absolute atomic E-state index is 0.000304. The van der Waals surface area contributed by atoms with Crippen LogP contribution in [0.5, 0.6) is 0 Å². The first-order valence-electron chi connectivity index (χ1n) is 9.88. The van der Waals surface area contributed by atoms with Gasteiger partial charge in [-0.05, 0) is 53.6 Å². The number of benzene rings is 3. The summed E-state index contributed by atoms with van der Waals surface area (Å²) in [7, 11) is 0. The highest BCUT2D eigenvalue weighted by Crippen LogP contribution is 2.65. The van der Waals surface area contributed by atoms with Crippen LogP contribution in [0.3, 0.4) is 0 Å². The Hall–Kier alpha value is -1.89. The van der Waals surface area contributed by atoms with E-state index in [0.717, 1.165) is 12.1 Å². The van der Waals surface area contributed by atoms with Gasteiger partial charge < -0.3 is 5.32 Å². The summed E-state index contributed by atoms with van der Waals surface area (Å²) in [6, 6.07) is 12.2. The molecule has 0 heterocycles. The fourth-order valence-electron chi connectivity index (χ4n) is 3.77. The lowest BCUT2D eigenvalue weighted by molar-refractivity contribution is -0.117. The molecule has 2 unspecified atom stereocenters. The van der Waals surface area contributed by atoms with Crippen molar-refractivity contribution in [3.8, 4) is 0 Å². The maximum Gasteiger partial charge on any atom is 0.231 e. The van der Waals surface area contributed by atoms with E-state index < -0.39 is 39.5 Å². The SMILES string of the molecule is O=C(Cc1ccc(F)cc1)c1cc(NC(=O)C2C(c3cc(Cl)cc(Cl)c3)C2(Cl)Cl)c(F)cc1Cl. The third-order valence-electron chi connectivity index (χ3n) is 5.47. The molecule has 1 fully saturated rings. The molecule has 0 spiro atoms. The van der Waals surface area contributed by atoms with Gasteiger partial charge in [-0.2, -0.15) is 0 Å². The number of carbonyl (C=O) groups is 2. The third-order valence-corrected chi connectivity index (χ3v) is 7.16. The van der Waals surface area contributed by atoms with Crippen LogP contribution in [0, 0.1) is 17.6 Å². The summed E-state index contributed by atoms with van der Waals surface area (Å²) in [6.45, 7) is 0. The second-order valence-corrected chi connectivity index (χ2v) is 10.6. The maximum atomic E-state index is 14.6. The van der Waals surface area contributed by atoms with E-state index in [1.807, 2.05) is 0 Å². The number of halogens is 7. The van der Waals surface area contributed by atoms with E-state index in [-0.39, 0.29) is 22.7 Å². The van der Waals surface area contributed by atoms with Crippen molar-refractivity contribution in [2.75, 3.05) is 5.32 Å². The first-order chi connectivity index (χ1) is 16.0. The average molecular weight is 564 g/mol. The van der Waals surface area contributed by atoms with Crippen LogP contribution in [0.1, 0.15) is 27.4 Å². The number of nitrogens with one attached hydrogen (secondary N) is 1. The Labute approximate surface area is 218 Å². The highest BCUT2D eigenvalue weighted by atomic mass is 35.5. The van der Waals surface area contributed by atoms with E-state index in [4.69, 9.17) is 58.0 Å². The summed E-state index contributed by atoms with van der Waals surface area (Å²) in [5.41, 5.74) is 0.859. The molecular weight excluding hydrogens is 550 g/mol. The number of rotatable bonds is 6. The largest absolute Gasteiger partial charge is 0.323 e. The average Bonchev–Trinajstić information content (AvgIpc) is 3.33. The van der Waals surface area contributed by atoms with Gasteiger partial charge in [-0.25, -0.2) is 8.78 Å². The van der Waals surface area contributed by atoms with Gasteiger partial charge in [0.15, 0.2) is 5.78 Å². The van der Waals surface area contributed by atoms with E-state index in [1.165, 1.54) is 30.3 Å². The molecule has 4 rings (SSSR count). The molecule has 1 saturated carbocycles. The van der Waals surface area contributed by atoms with Crippen LogP contribution in [0.15, 0.2) is 54.6 Å². The molecule has 0 bridgehead atoms. The number of Topliss-reactive ketones (excluding diaryl/α,β-unsaturated/α-hetero) is 1. The van der Waals surface area contributed by atoms with Crippen molar-refractivity contribution in [2.24, 2.45) is 5.92 Å². The predicted molar refractivity (Wildman–Crippen MR) is 132 cm³/mol. The minimum atomic E-state index is -1.46. The van der Waals surface area contributed by atoms with Gasteiger partial charge >= 0.3 is 0 Å². The molecule has 3 aromatic rings. The van der Waals surface area contributed by atoms with Crippen LogP contribution in [0.25, 0.3) is 0 Å². The van der Waals surface area contributed by atoms with Crippen molar-refractivity contribution in [3.05, 3.63) is 98.0 Å². The molecule has 3 aromatic carbocycles. The molecule has 1 N–H and O–H groups in total. The van der Waals surface area contributed by atoms with Crippen LogP contribution in [0.2, 0.25) is 15.1 Å². The molecule has 0 aromatic heterocycles. The molecule has 1 aliphatic carbocycles. The molecule has 0 radical (unpaired) electrons. The van der Waals surface area contributed by atoms with Crippen LogP contribution in [-0.4, -0.2) is 16.0 Å². The summed E-state index contributed by atoms with van der Waals surface area (Å²) in [4.78, 5) is 25.7. The molecule has 1 amide bonds. The van der Waals surface area contributed by atoms with Crippen molar-refractivity contribution >= 4 is 75.4 Å². The molecule has 34 heavy (non-hydrogen) atoms. The van der Waals surface area contributed by atoms with Gasteiger partial charge in [0.2, 0.25) is 5.91 Å². The summed E-state index contributed by atoms with van der Waals surface area (Å²) in [5.74, 6) is -3.90. The number of ketones is 1. The molecule has 3 nitrogen and oxygen atoms in total. The Morgan fingerprint density at radius 3 is 2.15 bits per heavy atom. The Kier molecular flexibility index (Phi) is 7.14. The van der Waals surface area contributed by atoms with Gasteiger partial charge in [-0.3, -0.25) is 9.59 Å². The number of alkyl halides is 2. The van der Waals surface area contributed by atoms with E-state index in [9.17, 15) is 18.4 Å². The van der Waals surface area contributed by atoms with Crippen molar-refractivity contribution in [3.63, 3.8) is 0 Å². The highest BCUT2D eigenvalue weighted by Gasteiger charge is 2.67. The molecule has 0 saturated heterocycles. The highest BCUT2D eigenvalue weighted by molar-refractivity contribution is 6.53. The second-order valence-electron chi connectivity index (χ2n) is 7.86. The van der Waals surface area contributed by atoms with Crippen molar-refractivity contribution < 1.29 is 18.4 Å². The molecular formula is C24H14Cl5F2NO2. The summed E-state index contributed by atoms with van der Waals surface area (Å²) >= 11 is 30.8. The summed E-state index contributed by atoms with van der Waals surface area (Å²) in [6.07, 6.45) is -0.0916. The van der Waals surface area contributed by atoms with E-state index in [0.29, 0.717) is 21.2 Å². The number of anilines is 1. The monoisotopic (exact) mass is 561 g/mol. The zero-order valence-electron chi connectivity index (χ0n) is 17.0. The molecule has 2 atom stereocenters. The standard InChI is InChI=1S/C24H14Cl5F2NO2/c25-13-6-12(7-14(26)8-13)21-22(24(21,28)29)23(34)32-19-9-16(17(27)10-18(19)31)20(33)5-11-1-3-15(30)4-2-11/h1-4,6-10,21-22H,5H2,(H,32,34). The van der Waals surface area contributed by atoms with Gasteiger partial charge in [0.1, 0.15) is 16.0 Å². The number of hydrogen-bond donors (Lipinski definition) is 1. The van der Waals surface area contributed by atoms with Crippen LogP contribution < -0.4 is 5.32 Å². The third kappa shape index (κ3) is 5.19. The lowest BCUT2D eigenvalue weighted by atomic mass is 10.0. The lowest BCUT2D eigenvalue weighted by Gasteiger charge is -2.11. The van der Waals surface area contributed by atoms with Crippen LogP contribution in [-0.2, 0) is 11.2 Å². The van der Waals surface area contributed by atoms with E-state index in [1.54, 1.807) is 12.1 Å². The predicted octanol–water partition coefficient (Wildman–Crippen LogP) is 7.88. The maximum absolute atomic E-state index is 14.6. The van der Waals surface area contributed by atoms with Crippen molar-refractivity contribution in [2.45, 2.75) is 16.7 Å². The molecule has 1 aliphatic rings. The molecule has 0 aliphatic heterocycles. The van der Waals surface area contributed by atoms with Crippen LogP contribution in [0.4, 0.5) is 14.5 Å². The Morgan fingerprint density at radius 2 is 1.53 bits per heavy atom. The number of carbonyl (C=O) groups excluding carboxylic acids is 2. The smallest absolute Gasteiger partial charge is 0.231 e. The van der Waals surface area contributed by atoms with Gasteiger partial charge in [-0.15, -0.1) is 23.2 Å². The quantitative estimate of drug-likeness (QED) is 0.245. The first-order valence-corrected chi connectivity index (χ1v) is 11.8. The lowest BCUT2D eigenvalue weighted by Crippen LogP contribution is -2.18. The second kappa shape index (κ2) is 9.63.